The van der Waals surface area contributed by atoms with Gasteiger partial charge >= 0.3 is 0 Å². The van der Waals surface area contributed by atoms with E-state index in [0.717, 1.165) is 28.9 Å². The first kappa shape index (κ1) is 14.7. The molecule has 1 aromatic carbocycles. The van der Waals surface area contributed by atoms with Crippen molar-refractivity contribution in [1.82, 2.24) is 4.90 Å². The first-order chi connectivity index (χ1) is 9.74. The molecule has 0 aliphatic carbocycles. The van der Waals surface area contributed by atoms with Crippen molar-refractivity contribution in [2.75, 3.05) is 31.3 Å². The summed E-state index contributed by atoms with van der Waals surface area (Å²) in [6.45, 7) is 1.22. The van der Waals surface area contributed by atoms with Crippen LogP contribution in [-0.4, -0.2) is 41.1 Å². The summed E-state index contributed by atoms with van der Waals surface area (Å²) in [7, 11) is 1.64. The maximum absolute atomic E-state index is 5.42. The van der Waals surface area contributed by atoms with Crippen molar-refractivity contribution in [2.45, 2.75) is 0 Å². The van der Waals surface area contributed by atoms with Crippen LogP contribution < -0.4 is 10.1 Å². The average Bonchev–Trinajstić information content (AvgIpc) is 2.94. The summed E-state index contributed by atoms with van der Waals surface area (Å²) < 4.78 is 5.12. The van der Waals surface area contributed by atoms with Gasteiger partial charge in [0.2, 0.25) is 0 Å². The zero-order valence-corrected chi connectivity index (χ0v) is 12.8. The standard InChI is InChI=1S/C14H15N3OS2/c1-3-8-15-14-17(9-10-20-14)13(19)16-11-4-6-12(18-2)7-5-11/h1,4-7H,8-10H2,2H3,(H,16,19). The second kappa shape index (κ2) is 7.17. The van der Waals surface area contributed by atoms with Crippen molar-refractivity contribution < 1.29 is 4.74 Å². The van der Waals surface area contributed by atoms with Crippen LogP contribution in [0.5, 0.6) is 5.75 Å². The number of ether oxygens (including phenoxy) is 1. The molecule has 104 valence electrons. The van der Waals surface area contributed by atoms with E-state index < -0.39 is 0 Å². The lowest BCUT2D eigenvalue weighted by molar-refractivity contribution is 0.415. The molecule has 1 aromatic rings. The smallest absolute Gasteiger partial charge is 0.179 e. The lowest BCUT2D eigenvalue weighted by Gasteiger charge is -2.19. The van der Waals surface area contributed by atoms with Gasteiger partial charge < -0.3 is 10.1 Å². The molecular weight excluding hydrogens is 290 g/mol. The fourth-order valence-corrected chi connectivity index (χ4v) is 3.00. The molecule has 1 aliphatic rings. The fraction of sp³-hybridized carbons (Fsp3) is 0.286. The second-order valence-electron chi connectivity index (χ2n) is 3.96. The number of methoxy groups -OCH3 is 1. The van der Waals surface area contributed by atoms with Crippen molar-refractivity contribution in [2.24, 2.45) is 4.99 Å². The summed E-state index contributed by atoms with van der Waals surface area (Å²) in [6, 6.07) is 7.62. The lowest BCUT2D eigenvalue weighted by atomic mass is 10.3. The van der Waals surface area contributed by atoms with E-state index in [-0.39, 0.29) is 0 Å². The molecule has 1 N–H and O–H groups in total. The molecule has 0 saturated carbocycles. The molecular formula is C14H15N3OS2. The van der Waals surface area contributed by atoms with Gasteiger partial charge in [0, 0.05) is 18.0 Å². The van der Waals surface area contributed by atoms with Gasteiger partial charge in [0.05, 0.1) is 7.11 Å². The number of thioether (sulfide) groups is 1. The van der Waals surface area contributed by atoms with E-state index in [1.165, 1.54) is 0 Å². The summed E-state index contributed by atoms with van der Waals surface area (Å²) in [5.41, 5.74) is 0.920. The highest BCUT2D eigenvalue weighted by Crippen LogP contribution is 2.20. The van der Waals surface area contributed by atoms with Crippen molar-refractivity contribution in [3.63, 3.8) is 0 Å². The molecule has 0 aromatic heterocycles. The van der Waals surface area contributed by atoms with Gasteiger partial charge in [-0.25, -0.2) is 4.99 Å². The Morgan fingerprint density at radius 2 is 2.30 bits per heavy atom. The second-order valence-corrected chi connectivity index (χ2v) is 5.41. The zero-order valence-electron chi connectivity index (χ0n) is 11.1. The number of nitrogens with one attached hydrogen (secondary N) is 1. The topological polar surface area (TPSA) is 36.9 Å². The van der Waals surface area contributed by atoms with E-state index in [0.29, 0.717) is 11.7 Å². The molecule has 0 unspecified atom stereocenters. The first-order valence-electron chi connectivity index (χ1n) is 6.08. The molecule has 6 heteroatoms. The highest BCUT2D eigenvalue weighted by molar-refractivity contribution is 8.14. The van der Waals surface area contributed by atoms with Crippen LogP contribution in [-0.2, 0) is 0 Å². The Morgan fingerprint density at radius 3 is 2.95 bits per heavy atom. The summed E-state index contributed by atoms with van der Waals surface area (Å²) in [6.07, 6.45) is 5.23. The van der Waals surface area contributed by atoms with E-state index in [1.807, 2.05) is 29.2 Å². The van der Waals surface area contributed by atoms with Crippen molar-refractivity contribution in [3.8, 4) is 18.1 Å². The van der Waals surface area contributed by atoms with Gasteiger partial charge in [-0.15, -0.1) is 6.42 Å². The van der Waals surface area contributed by atoms with Gasteiger partial charge in [-0.3, -0.25) is 4.90 Å². The van der Waals surface area contributed by atoms with Crippen LogP contribution in [0.4, 0.5) is 5.69 Å². The third kappa shape index (κ3) is 3.65. The largest absolute Gasteiger partial charge is 0.497 e. The first-order valence-corrected chi connectivity index (χ1v) is 7.47. The van der Waals surface area contributed by atoms with E-state index in [2.05, 4.69) is 16.2 Å². The number of amidine groups is 1. The monoisotopic (exact) mass is 305 g/mol. The van der Waals surface area contributed by atoms with Gasteiger partial charge in [-0.2, -0.15) is 0 Å². The average molecular weight is 305 g/mol. The van der Waals surface area contributed by atoms with Gasteiger partial charge in [0.1, 0.15) is 12.3 Å². The molecule has 1 saturated heterocycles. The number of rotatable bonds is 3. The Balaban J connectivity index is 2.01. The molecule has 0 spiro atoms. The third-order valence-electron chi connectivity index (χ3n) is 2.67. The number of benzene rings is 1. The maximum Gasteiger partial charge on any atom is 0.179 e. The van der Waals surface area contributed by atoms with Crippen LogP contribution in [0.1, 0.15) is 0 Å². The number of thiocarbonyl (C=S) groups is 1. The summed E-state index contributed by atoms with van der Waals surface area (Å²) in [4.78, 5) is 6.31. The Bertz CT molecular complexity index is 549. The van der Waals surface area contributed by atoms with E-state index >= 15 is 0 Å². The molecule has 2 rings (SSSR count). The van der Waals surface area contributed by atoms with Gasteiger partial charge in [0.25, 0.3) is 0 Å². The van der Waals surface area contributed by atoms with Crippen molar-refractivity contribution in [3.05, 3.63) is 24.3 Å². The molecule has 1 aliphatic heterocycles. The van der Waals surface area contributed by atoms with Crippen LogP contribution in [0.15, 0.2) is 29.3 Å². The molecule has 0 atom stereocenters. The molecule has 1 heterocycles. The predicted molar refractivity (Wildman–Crippen MR) is 89.5 cm³/mol. The Hall–Kier alpha value is -1.71. The minimum absolute atomic E-state index is 0.379. The summed E-state index contributed by atoms with van der Waals surface area (Å²) >= 11 is 7.09. The third-order valence-corrected chi connectivity index (χ3v) is 3.99. The molecule has 1 fully saturated rings. The van der Waals surface area contributed by atoms with Crippen LogP contribution >= 0.6 is 24.0 Å². The number of nitrogens with zero attached hydrogens (tertiary/aromatic N) is 2. The number of hydrogen-bond donors (Lipinski definition) is 1. The summed E-state index contributed by atoms with van der Waals surface area (Å²) in [5.74, 6) is 4.29. The Kier molecular flexibility index (Phi) is 5.27. The fourth-order valence-electron chi connectivity index (χ4n) is 1.70. The summed E-state index contributed by atoms with van der Waals surface area (Å²) in [5, 5.41) is 4.72. The molecule has 0 amide bonds. The minimum atomic E-state index is 0.379. The van der Waals surface area contributed by atoms with E-state index in [1.54, 1.807) is 18.9 Å². The van der Waals surface area contributed by atoms with Crippen LogP contribution in [0, 0.1) is 12.3 Å². The van der Waals surface area contributed by atoms with E-state index in [4.69, 9.17) is 23.4 Å². The van der Waals surface area contributed by atoms with E-state index in [9.17, 15) is 0 Å². The lowest BCUT2D eigenvalue weighted by Crippen LogP contribution is -2.35. The van der Waals surface area contributed by atoms with Gasteiger partial charge in [-0.05, 0) is 36.5 Å². The SMILES string of the molecule is C#CCN=C1SCCN1C(=S)Nc1ccc(OC)cc1. The predicted octanol–water partition coefficient (Wildman–Crippen LogP) is 2.43. The van der Waals surface area contributed by atoms with Gasteiger partial charge in [0.15, 0.2) is 10.3 Å². The van der Waals surface area contributed by atoms with Crippen molar-refractivity contribution >= 4 is 39.9 Å². The zero-order chi connectivity index (χ0) is 14.4. The van der Waals surface area contributed by atoms with Crippen LogP contribution in [0.25, 0.3) is 0 Å². The number of anilines is 1. The highest BCUT2D eigenvalue weighted by atomic mass is 32.2. The number of hydrogen-bond acceptors (Lipinski definition) is 4. The molecule has 0 bridgehead atoms. The highest BCUT2D eigenvalue weighted by Gasteiger charge is 2.22. The minimum Gasteiger partial charge on any atom is -0.497 e. The van der Waals surface area contributed by atoms with Crippen LogP contribution in [0.3, 0.4) is 0 Å². The molecule has 20 heavy (non-hydrogen) atoms. The normalized spacial score (nSPS) is 16.0. The van der Waals surface area contributed by atoms with Crippen molar-refractivity contribution in [1.29, 1.82) is 0 Å². The van der Waals surface area contributed by atoms with Gasteiger partial charge in [-0.1, -0.05) is 17.7 Å². The maximum atomic E-state index is 5.42. The molecule has 4 nitrogen and oxygen atoms in total. The number of terminal acetylenes is 1. The Morgan fingerprint density at radius 1 is 1.55 bits per heavy atom. The number of aliphatic imine (C=N–C) groups is 1. The molecule has 0 radical (unpaired) electrons. The quantitative estimate of drug-likeness (QED) is 0.686. The van der Waals surface area contributed by atoms with Crippen LogP contribution in [0.2, 0.25) is 0 Å². The Labute approximate surface area is 128 Å².